The minimum Gasteiger partial charge on any atom is -0.497 e. The molecule has 1 aliphatic heterocycles. The molecular formula is C11H11NO3. The molecule has 0 atom stereocenters. The molecule has 0 bridgehead atoms. The smallest absolute Gasteiger partial charge is 0.268 e. The summed E-state index contributed by atoms with van der Waals surface area (Å²) in [7, 11) is 1.61. The fourth-order valence-electron chi connectivity index (χ4n) is 1.75. The van der Waals surface area contributed by atoms with Gasteiger partial charge in [-0.25, -0.2) is 0 Å². The number of hydrogen-bond acceptors (Lipinski definition) is 3. The van der Waals surface area contributed by atoms with Crippen LogP contribution >= 0.6 is 0 Å². The second-order valence-electron chi connectivity index (χ2n) is 3.91. The summed E-state index contributed by atoms with van der Waals surface area (Å²) in [6, 6.07) is 5.39. The van der Waals surface area contributed by atoms with Crippen molar-refractivity contribution in [1.29, 1.82) is 0 Å². The second kappa shape index (κ2) is 2.66. The number of methoxy groups -OCH3 is 1. The Labute approximate surface area is 87.2 Å². The first kappa shape index (κ1) is 8.59. The molecule has 2 aliphatic rings. The number of amides is 1. The van der Waals surface area contributed by atoms with E-state index in [0.717, 1.165) is 24.3 Å². The molecule has 1 fully saturated rings. The van der Waals surface area contributed by atoms with Crippen molar-refractivity contribution in [3.63, 3.8) is 0 Å². The summed E-state index contributed by atoms with van der Waals surface area (Å²) >= 11 is 0. The maximum Gasteiger partial charge on any atom is 0.268 e. The molecule has 1 aromatic carbocycles. The third-order valence-electron chi connectivity index (χ3n) is 2.86. The number of fused-ring (bicyclic) bond motifs is 1. The van der Waals surface area contributed by atoms with Crippen molar-refractivity contribution in [3.8, 4) is 11.5 Å². The molecule has 1 N–H and O–H groups in total. The van der Waals surface area contributed by atoms with Gasteiger partial charge in [-0.2, -0.15) is 0 Å². The van der Waals surface area contributed by atoms with Crippen molar-refractivity contribution in [2.24, 2.45) is 0 Å². The SMILES string of the molecule is COc1ccc2c(c1)OC1(CC1)C(=O)N2. The van der Waals surface area contributed by atoms with Crippen molar-refractivity contribution in [2.45, 2.75) is 18.4 Å². The van der Waals surface area contributed by atoms with Crippen molar-refractivity contribution in [2.75, 3.05) is 12.4 Å². The quantitative estimate of drug-likeness (QED) is 0.756. The highest BCUT2D eigenvalue weighted by Crippen LogP contribution is 2.47. The molecule has 1 saturated carbocycles. The number of benzene rings is 1. The first-order chi connectivity index (χ1) is 7.23. The number of nitrogens with one attached hydrogen (secondary N) is 1. The molecule has 0 unspecified atom stereocenters. The van der Waals surface area contributed by atoms with Gasteiger partial charge in [0.15, 0.2) is 5.60 Å². The van der Waals surface area contributed by atoms with E-state index in [0.29, 0.717) is 5.75 Å². The lowest BCUT2D eigenvalue weighted by Gasteiger charge is -2.25. The predicted molar refractivity (Wildman–Crippen MR) is 54.2 cm³/mol. The minimum atomic E-state index is -0.584. The Morgan fingerprint density at radius 3 is 2.93 bits per heavy atom. The van der Waals surface area contributed by atoms with Crippen LogP contribution in [-0.4, -0.2) is 18.6 Å². The lowest BCUT2D eigenvalue weighted by molar-refractivity contribution is -0.125. The van der Waals surface area contributed by atoms with Gasteiger partial charge < -0.3 is 14.8 Å². The zero-order chi connectivity index (χ0) is 10.5. The molecule has 78 valence electrons. The summed E-state index contributed by atoms with van der Waals surface area (Å²) in [5.74, 6) is 1.41. The van der Waals surface area contributed by atoms with E-state index in [4.69, 9.17) is 9.47 Å². The standard InChI is InChI=1S/C11H11NO3/c1-14-7-2-3-8-9(6-7)15-11(4-5-11)10(13)12-8/h2-3,6H,4-5H2,1H3,(H,12,13). The van der Waals surface area contributed by atoms with E-state index in [-0.39, 0.29) is 5.91 Å². The Kier molecular flexibility index (Phi) is 1.52. The molecule has 4 heteroatoms. The third kappa shape index (κ3) is 1.17. The fraction of sp³-hybridized carbons (Fsp3) is 0.364. The van der Waals surface area contributed by atoms with E-state index < -0.39 is 5.60 Å². The van der Waals surface area contributed by atoms with Crippen LogP contribution in [0.15, 0.2) is 18.2 Å². The molecule has 1 heterocycles. The number of ether oxygens (including phenoxy) is 2. The average molecular weight is 205 g/mol. The summed E-state index contributed by atoms with van der Waals surface area (Å²) in [5.41, 5.74) is 0.137. The van der Waals surface area contributed by atoms with Gasteiger partial charge >= 0.3 is 0 Å². The van der Waals surface area contributed by atoms with Crippen LogP contribution in [0.4, 0.5) is 5.69 Å². The molecule has 1 aliphatic carbocycles. The van der Waals surface area contributed by atoms with Gasteiger partial charge in [-0.1, -0.05) is 0 Å². The van der Waals surface area contributed by atoms with E-state index >= 15 is 0 Å². The summed E-state index contributed by atoms with van der Waals surface area (Å²) in [4.78, 5) is 11.6. The Balaban J connectivity index is 2.02. The Morgan fingerprint density at radius 2 is 2.27 bits per heavy atom. The first-order valence-corrected chi connectivity index (χ1v) is 4.92. The second-order valence-corrected chi connectivity index (χ2v) is 3.91. The summed E-state index contributed by atoms with van der Waals surface area (Å²) in [6.45, 7) is 0. The molecule has 0 radical (unpaired) electrons. The topological polar surface area (TPSA) is 47.6 Å². The van der Waals surface area contributed by atoms with Crippen molar-refractivity contribution < 1.29 is 14.3 Å². The van der Waals surface area contributed by atoms with Gasteiger partial charge in [0.25, 0.3) is 5.91 Å². The van der Waals surface area contributed by atoms with Gasteiger partial charge in [0, 0.05) is 18.9 Å². The number of hydrogen-bond donors (Lipinski definition) is 1. The third-order valence-corrected chi connectivity index (χ3v) is 2.86. The van der Waals surface area contributed by atoms with Crippen molar-refractivity contribution >= 4 is 11.6 Å². The van der Waals surface area contributed by atoms with E-state index in [1.54, 1.807) is 25.3 Å². The van der Waals surface area contributed by atoms with Crippen LogP contribution in [-0.2, 0) is 4.79 Å². The molecule has 4 nitrogen and oxygen atoms in total. The number of carbonyl (C=O) groups excluding carboxylic acids is 1. The van der Waals surface area contributed by atoms with Crippen LogP contribution in [0.5, 0.6) is 11.5 Å². The molecular weight excluding hydrogens is 194 g/mol. The van der Waals surface area contributed by atoms with Gasteiger partial charge in [-0.3, -0.25) is 4.79 Å². The minimum absolute atomic E-state index is 0.0276. The van der Waals surface area contributed by atoms with Gasteiger partial charge in [0.1, 0.15) is 11.5 Å². The first-order valence-electron chi connectivity index (χ1n) is 4.92. The van der Waals surface area contributed by atoms with Crippen LogP contribution in [0.1, 0.15) is 12.8 Å². The molecule has 1 amide bonds. The van der Waals surface area contributed by atoms with E-state index in [2.05, 4.69) is 5.32 Å². The van der Waals surface area contributed by atoms with Crippen molar-refractivity contribution in [1.82, 2.24) is 0 Å². The highest BCUT2D eigenvalue weighted by Gasteiger charge is 2.55. The van der Waals surface area contributed by atoms with Crippen LogP contribution < -0.4 is 14.8 Å². The molecule has 1 spiro atoms. The molecule has 1 aromatic rings. The zero-order valence-corrected chi connectivity index (χ0v) is 8.37. The lowest BCUT2D eigenvalue weighted by Crippen LogP contribution is -2.38. The van der Waals surface area contributed by atoms with Gasteiger partial charge in [0.05, 0.1) is 12.8 Å². The average Bonchev–Trinajstić information content (AvgIpc) is 3.00. The Bertz CT molecular complexity index is 437. The molecule has 0 saturated heterocycles. The van der Waals surface area contributed by atoms with Gasteiger partial charge in [-0.05, 0) is 12.1 Å². The normalized spacial score (nSPS) is 20.2. The van der Waals surface area contributed by atoms with Crippen LogP contribution in [0.2, 0.25) is 0 Å². The van der Waals surface area contributed by atoms with E-state index in [1.165, 1.54) is 0 Å². The number of rotatable bonds is 1. The Hall–Kier alpha value is -1.71. The van der Waals surface area contributed by atoms with E-state index in [9.17, 15) is 4.79 Å². The van der Waals surface area contributed by atoms with Crippen LogP contribution in [0, 0.1) is 0 Å². The molecule has 0 aromatic heterocycles. The largest absolute Gasteiger partial charge is 0.497 e. The summed E-state index contributed by atoms with van der Waals surface area (Å²) in [6.07, 6.45) is 1.60. The van der Waals surface area contributed by atoms with E-state index in [1.807, 2.05) is 0 Å². The number of carbonyl (C=O) groups is 1. The Morgan fingerprint density at radius 1 is 1.47 bits per heavy atom. The summed E-state index contributed by atoms with van der Waals surface area (Å²) < 4.78 is 10.8. The monoisotopic (exact) mass is 205 g/mol. The number of anilines is 1. The maximum atomic E-state index is 11.6. The summed E-state index contributed by atoms with van der Waals surface area (Å²) in [5, 5.41) is 2.84. The molecule has 15 heavy (non-hydrogen) atoms. The lowest BCUT2D eigenvalue weighted by atomic mass is 10.2. The maximum absolute atomic E-state index is 11.6. The van der Waals surface area contributed by atoms with Crippen molar-refractivity contribution in [3.05, 3.63) is 18.2 Å². The van der Waals surface area contributed by atoms with Gasteiger partial charge in [-0.15, -0.1) is 0 Å². The molecule has 3 rings (SSSR count). The predicted octanol–water partition coefficient (Wildman–Crippen LogP) is 1.56. The highest BCUT2D eigenvalue weighted by atomic mass is 16.5. The zero-order valence-electron chi connectivity index (χ0n) is 8.37. The van der Waals surface area contributed by atoms with Crippen LogP contribution in [0.3, 0.4) is 0 Å². The highest BCUT2D eigenvalue weighted by molar-refractivity contribution is 6.02. The van der Waals surface area contributed by atoms with Crippen LogP contribution in [0.25, 0.3) is 0 Å². The van der Waals surface area contributed by atoms with Gasteiger partial charge in [0.2, 0.25) is 0 Å². The fourth-order valence-corrected chi connectivity index (χ4v) is 1.75.